The van der Waals surface area contributed by atoms with Crippen molar-refractivity contribution in [2.24, 2.45) is 11.0 Å². The third-order valence-corrected chi connectivity index (χ3v) is 3.00. The number of hydrogen-bond donors (Lipinski definition) is 0. The third-order valence-electron chi connectivity index (χ3n) is 3.00. The largest absolute Gasteiger partial charge is 0.309 e. The van der Waals surface area contributed by atoms with Crippen molar-refractivity contribution in [3.05, 3.63) is 40.0 Å². The molecule has 1 atom stereocenters. The lowest BCUT2D eigenvalue weighted by molar-refractivity contribution is -0.117. The molecule has 1 heterocycles. The predicted octanol–water partition coefficient (Wildman–Crippen LogP) is 2.80. The van der Waals surface area contributed by atoms with Crippen molar-refractivity contribution in [1.82, 2.24) is 0 Å². The second-order valence-electron chi connectivity index (χ2n) is 4.44. The lowest BCUT2D eigenvalue weighted by atomic mass is 10.1. The molecule has 1 aromatic carbocycles. The maximum atomic E-state index is 13.7. The fourth-order valence-electron chi connectivity index (χ4n) is 2.12. The Morgan fingerprint density at radius 2 is 2.39 bits per heavy atom. The number of aryl methyl sites for hydroxylation is 1. The molecule has 2 rings (SSSR count). The molecule has 1 aromatic rings. The molecule has 0 N–H and O–H groups in total. The molecule has 6 heteroatoms. The van der Waals surface area contributed by atoms with Crippen LogP contribution in [0.4, 0.5) is 10.1 Å². The zero-order chi connectivity index (χ0) is 13.1. The summed E-state index contributed by atoms with van der Waals surface area (Å²) in [6.45, 7) is 2.52. The summed E-state index contributed by atoms with van der Waals surface area (Å²) in [5.74, 6) is -0.565. The number of nitrogens with zero attached hydrogens (tertiary/aromatic N) is 4. The van der Waals surface area contributed by atoms with Crippen LogP contribution in [0.15, 0.2) is 23.3 Å². The third kappa shape index (κ3) is 2.43. The van der Waals surface area contributed by atoms with E-state index in [1.54, 1.807) is 12.1 Å². The van der Waals surface area contributed by atoms with Crippen LogP contribution in [-0.4, -0.2) is 19.0 Å². The monoisotopic (exact) mass is 248 g/mol. The van der Waals surface area contributed by atoms with E-state index in [9.17, 15) is 9.18 Å². The van der Waals surface area contributed by atoms with Crippen molar-refractivity contribution < 1.29 is 9.18 Å². The van der Waals surface area contributed by atoms with Crippen LogP contribution in [0, 0.1) is 18.7 Å². The van der Waals surface area contributed by atoms with Gasteiger partial charge in [0.25, 0.3) is 0 Å². The van der Waals surface area contributed by atoms with Crippen molar-refractivity contribution in [3.63, 3.8) is 0 Å². The molecule has 0 aromatic heterocycles. The van der Waals surface area contributed by atoms with E-state index in [0.717, 1.165) is 5.56 Å². The minimum Gasteiger partial charge on any atom is -0.309 e. The number of carbonyl (C=O) groups is 1. The Bertz CT molecular complexity index is 525. The van der Waals surface area contributed by atoms with Crippen LogP contribution in [0.3, 0.4) is 0 Å². The highest BCUT2D eigenvalue weighted by atomic mass is 19.1. The van der Waals surface area contributed by atoms with Crippen LogP contribution < -0.4 is 4.90 Å². The van der Waals surface area contributed by atoms with E-state index in [4.69, 9.17) is 5.53 Å². The molecule has 18 heavy (non-hydrogen) atoms. The maximum Gasteiger partial charge on any atom is 0.227 e. The smallest absolute Gasteiger partial charge is 0.227 e. The fourth-order valence-corrected chi connectivity index (χ4v) is 2.12. The van der Waals surface area contributed by atoms with Gasteiger partial charge in [0.05, 0.1) is 5.69 Å². The second kappa shape index (κ2) is 5.06. The topological polar surface area (TPSA) is 69.1 Å². The molecule has 0 bridgehead atoms. The molecule has 1 fully saturated rings. The first-order chi connectivity index (χ1) is 8.61. The van der Waals surface area contributed by atoms with E-state index in [2.05, 4.69) is 10.0 Å². The minimum absolute atomic E-state index is 0.0340. The molecule has 0 saturated carbocycles. The number of benzene rings is 1. The zero-order valence-corrected chi connectivity index (χ0v) is 10.0. The number of anilines is 1. The fraction of sp³-hybridized carbons (Fsp3) is 0.417. The Balaban J connectivity index is 2.21. The normalized spacial score (nSPS) is 18.9. The van der Waals surface area contributed by atoms with Gasteiger partial charge in [0.2, 0.25) is 5.91 Å². The molecule has 0 spiro atoms. The highest BCUT2D eigenvalue weighted by Gasteiger charge is 2.31. The summed E-state index contributed by atoms with van der Waals surface area (Å²) >= 11 is 0. The first-order valence-corrected chi connectivity index (χ1v) is 5.69. The van der Waals surface area contributed by atoms with Gasteiger partial charge in [0, 0.05) is 24.4 Å². The van der Waals surface area contributed by atoms with E-state index >= 15 is 0 Å². The number of carbonyl (C=O) groups excluding carboxylic acids is 1. The average molecular weight is 248 g/mol. The molecule has 1 aliphatic rings. The van der Waals surface area contributed by atoms with Gasteiger partial charge >= 0.3 is 0 Å². The number of halogens is 1. The first kappa shape index (κ1) is 12.4. The van der Waals surface area contributed by atoms with E-state index in [1.807, 2.05) is 6.92 Å². The molecule has 0 aliphatic carbocycles. The van der Waals surface area contributed by atoms with Crippen molar-refractivity contribution in [2.45, 2.75) is 13.3 Å². The minimum atomic E-state index is -0.404. The lowest BCUT2D eigenvalue weighted by Crippen LogP contribution is -2.25. The summed E-state index contributed by atoms with van der Waals surface area (Å²) in [6.07, 6.45) is 0.298. The van der Waals surface area contributed by atoms with Gasteiger partial charge in [-0.15, -0.1) is 0 Å². The van der Waals surface area contributed by atoms with Crippen molar-refractivity contribution >= 4 is 11.6 Å². The molecule has 5 nitrogen and oxygen atoms in total. The summed E-state index contributed by atoms with van der Waals surface area (Å²) in [5.41, 5.74) is 9.47. The standard InChI is InChI=1S/C12H13FN4O/c1-8-2-3-10(13)11(4-8)17-7-9(5-12(17)18)6-15-16-14/h2-4,9H,5-7H2,1H3. The van der Waals surface area contributed by atoms with Crippen molar-refractivity contribution in [3.8, 4) is 0 Å². The molecular weight excluding hydrogens is 235 g/mol. The summed E-state index contributed by atoms with van der Waals surface area (Å²) in [6, 6.07) is 4.68. The van der Waals surface area contributed by atoms with Crippen molar-refractivity contribution in [2.75, 3.05) is 18.0 Å². The number of azide groups is 1. The van der Waals surface area contributed by atoms with Gasteiger partial charge in [0.15, 0.2) is 0 Å². The van der Waals surface area contributed by atoms with Crippen LogP contribution in [0.5, 0.6) is 0 Å². The Labute approximate surface area is 104 Å². The SMILES string of the molecule is Cc1ccc(F)c(N2CC(CN=[N+]=[N-])CC2=O)c1. The molecule has 1 saturated heterocycles. The van der Waals surface area contributed by atoms with Crippen LogP contribution in [0.1, 0.15) is 12.0 Å². The van der Waals surface area contributed by atoms with Gasteiger partial charge in [-0.1, -0.05) is 11.2 Å². The maximum absolute atomic E-state index is 13.7. The molecule has 94 valence electrons. The van der Waals surface area contributed by atoms with E-state index in [0.29, 0.717) is 18.7 Å². The lowest BCUT2D eigenvalue weighted by Gasteiger charge is -2.17. The van der Waals surface area contributed by atoms with Crippen LogP contribution in [0.25, 0.3) is 10.4 Å². The van der Waals surface area contributed by atoms with Gasteiger partial charge < -0.3 is 4.90 Å². The summed E-state index contributed by atoms with van der Waals surface area (Å²) < 4.78 is 13.7. The predicted molar refractivity (Wildman–Crippen MR) is 65.6 cm³/mol. The Morgan fingerprint density at radius 3 is 3.11 bits per heavy atom. The van der Waals surface area contributed by atoms with Gasteiger partial charge in [0.1, 0.15) is 5.82 Å². The van der Waals surface area contributed by atoms with Crippen LogP contribution in [0.2, 0.25) is 0 Å². The average Bonchev–Trinajstić information content (AvgIpc) is 2.71. The van der Waals surface area contributed by atoms with Gasteiger partial charge in [-0.05, 0) is 36.1 Å². The molecule has 1 amide bonds. The number of hydrogen-bond acceptors (Lipinski definition) is 2. The molecule has 1 unspecified atom stereocenters. The van der Waals surface area contributed by atoms with Crippen LogP contribution in [-0.2, 0) is 4.79 Å². The summed E-state index contributed by atoms with van der Waals surface area (Å²) in [4.78, 5) is 15.9. The van der Waals surface area contributed by atoms with E-state index in [-0.39, 0.29) is 18.4 Å². The van der Waals surface area contributed by atoms with Gasteiger partial charge in [-0.2, -0.15) is 0 Å². The van der Waals surface area contributed by atoms with E-state index in [1.165, 1.54) is 11.0 Å². The highest BCUT2D eigenvalue weighted by Crippen LogP contribution is 2.28. The van der Waals surface area contributed by atoms with Gasteiger partial charge in [-0.25, -0.2) is 4.39 Å². The second-order valence-corrected chi connectivity index (χ2v) is 4.44. The summed E-state index contributed by atoms with van der Waals surface area (Å²) in [5, 5.41) is 3.46. The zero-order valence-electron chi connectivity index (χ0n) is 10.0. The number of amides is 1. The Kier molecular flexibility index (Phi) is 3.48. The van der Waals surface area contributed by atoms with Gasteiger partial charge in [-0.3, -0.25) is 4.79 Å². The van der Waals surface area contributed by atoms with Crippen molar-refractivity contribution in [1.29, 1.82) is 0 Å². The Morgan fingerprint density at radius 1 is 1.61 bits per heavy atom. The quantitative estimate of drug-likeness (QED) is 0.460. The first-order valence-electron chi connectivity index (χ1n) is 5.69. The summed E-state index contributed by atoms with van der Waals surface area (Å²) in [7, 11) is 0. The van der Waals surface area contributed by atoms with Crippen LogP contribution >= 0.6 is 0 Å². The molecular formula is C12H13FN4O. The Hall–Kier alpha value is -2.07. The van der Waals surface area contributed by atoms with E-state index < -0.39 is 5.82 Å². The highest BCUT2D eigenvalue weighted by molar-refractivity contribution is 5.95. The molecule has 0 radical (unpaired) electrons. The molecule has 1 aliphatic heterocycles. The number of rotatable bonds is 3.